The average molecular weight is 458 g/mol. The maximum Gasteiger partial charge on any atom is 0.268 e. The van der Waals surface area contributed by atoms with Gasteiger partial charge in [0.05, 0.1) is 5.52 Å². The van der Waals surface area contributed by atoms with Crippen LogP contribution in [-0.4, -0.2) is 19.7 Å². The van der Waals surface area contributed by atoms with Crippen LogP contribution in [0.15, 0.2) is 70.1 Å². The number of anilines is 2. The predicted molar refractivity (Wildman–Crippen MR) is 130 cm³/mol. The molecule has 2 aromatic carbocycles. The van der Waals surface area contributed by atoms with Crippen molar-refractivity contribution < 1.29 is 4.52 Å². The van der Waals surface area contributed by atoms with Crippen molar-refractivity contribution in [2.45, 2.75) is 13.8 Å². The van der Waals surface area contributed by atoms with Gasteiger partial charge in [0.2, 0.25) is 0 Å². The molecular weight excluding hydrogens is 438 g/mol. The molecule has 3 aromatic heterocycles. The van der Waals surface area contributed by atoms with E-state index in [9.17, 15) is 4.79 Å². The molecule has 0 amide bonds. The Morgan fingerprint density at radius 2 is 1.79 bits per heavy atom. The fourth-order valence-corrected chi connectivity index (χ4v) is 3.89. The highest BCUT2D eigenvalue weighted by atomic mass is 35.5. The summed E-state index contributed by atoms with van der Waals surface area (Å²) in [6.45, 7) is 3.89. The lowest BCUT2D eigenvalue weighted by atomic mass is 9.99. The Morgan fingerprint density at radius 3 is 2.58 bits per heavy atom. The molecule has 0 saturated carbocycles. The van der Waals surface area contributed by atoms with Crippen LogP contribution in [0.1, 0.15) is 11.3 Å². The molecule has 0 aliphatic heterocycles. The smallest absolute Gasteiger partial charge is 0.268 e. The molecule has 0 atom stereocenters. The fourth-order valence-electron chi connectivity index (χ4n) is 3.76. The summed E-state index contributed by atoms with van der Waals surface area (Å²) in [5.41, 5.74) is 5.56. The summed E-state index contributed by atoms with van der Waals surface area (Å²) in [6.07, 6.45) is 1.79. The van der Waals surface area contributed by atoms with E-state index >= 15 is 0 Å². The lowest BCUT2D eigenvalue weighted by molar-refractivity contribution is 0.433. The lowest BCUT2D eigenvalue weighted by Gasteiger charge is -2.12. The second kappa shape index (κ2) is 8.18. The zero-order valence-corrected chi connectivity index (χ0v) is 19.0. The van der Waals surface area contributed by atoms with Gasteiger partial charge in [-0.2, -0.15) is 4.98 Å². The summed E-state index contributed by atoms with van der Waals surface area (Å²) in [5, 5.41) is 8.71. The fraction of sp³-hybridized carbons (Fsp3) is 0.120. The molecule has 0 fully saturated rings. The number of nitrogens with zero attached hydrogens (tertiary/aromatic N) is 4. The summed E-state index contributed by atoms with van der Waals surface area (Å²) in [4.78, 5) is 22.0. The molecule has 8 heteroatoms. The molecule has 0 radical (unpaired) electrons. The van der Waals surface area contributed by atoms with Crippen LogP contribution in [0.3, 0.4) is 0 Å². The molecule has 5 aromatic rings. The van der Waals surface area contributed by atoms with Crippen LogP contribution >= 0.6 is 11.6 Å². The molecular formula is C25H20ClN5O2. The van der Waals surface area contributed by atoms with Crippen LogP contribution in [0.5, 0.6) is 0 Å². The number of hydrogen-bond acceptors (Lipinski definition) is 6. The maximum atomic E-state index is 13.2. The number of benzene rings is 2. The van der Waals surface area contributed by atoms with Gasteiger partial charge < -0.3 is 14.4 Å². The van der Waals surface area contributed by atoms with Crippen molar-refractivity contribution in [1.29, 1.82) is 0 Å². The second-order valence-corrected chi connectivity index (χ2v) is 8.33. The van der Waals surface area contributed by atoms with Crippen LogP contribution < -0.4 is 10.9 Å². The predicted octanol–water partition coefficient (Wildman–Crippen LogP) is 5.66. The van der Waals surface area contributed by atoms with Gasteiger partial charge in [-0.15, -0.1) is 0 Å². The molecule has 0 unspecified atom stereocenters. The third-order valence-corrected chi connectivity index (χ3v) is 5.80. The SMILES string of the molecule is Cc1cc2c(cn1)cc(-c1cc(Nc3noc(-c4ccc(Cl)cc4)n3)ccc1C)c(=O)n2C. The first-order valence-electron chi connectivity index (χ1n) is 10.3. The number of aryl methyl sites for hydroxylation is 3. The normalized spacial score (nSPS) is 11.2. The second-order valence-electron chi connectivity index (χ2n) is 7.89. The Bertz CT molecular complexity index is 1550. The van der Waals surface area contributed by atoms with Crippen molar-refractivity contribution in [3.63, 3.8) is 0 Å². The number of aromatic nitrogens is 4. The number of rotatable bonds is 4. The molecule has 0 spiro atoms. The van der Waals surface area contributed by atoms with Crippen molar-refractivity contribution in [3.8, 4) is 22.6 Å². The number of fused-ring (bicyclic) bond motifs is 1. The van der Waals surface area contributed by atoms with E-state index in [0.29, 0.717) is 22.4 Å². The third-order valence-electron chi connectivity index (χ3n) is 5.55. The Morgan fingerprint density at radius 1 is 1.00 bits per heavy atom. The van der Waals surface area contributed by atoms with Crippen LogP contribution in [0.2, 0.25) is 5.02 Å². The summed E-state index contributed by atoms with van der Waals surface area (Å²) in [5.74, 6) is 0.702. The number of pyridine rings is 2. The van der Waals surface area contributed by atoms with E-state index in [1.807, 2.05) is 56.3 Å². The standard InChI is InChI=1S/C25H20ClN5O2/c1-14-4-9-19(28-25-29-23(33-30-25)16-5-7-18(26)8-6-16)12-20(14)21-11-17-13-27-15(2)10-22(17)31(3)24(21)32/h4-13H,1-3H3,(H,28,30). The number of hydrogen-bond donors (Lipinski definition) is 1. The van der Waals surface area contributed by atoms with Crippen molar-refractivity contribution in [1.82, 2.24) is 19.7 Å². The topological polar surface area (TPSA) is 85.8 Å². The van der Waals surface area contributed by atoms with Gasteiger partial charge in [0.25, 0.3) is 17.4 Å². The van der Waals surface area contributed by atoms with Gasteiger partial charge in [-0.25, -0.2) is 0 Å². The van der Waals surface area contributed by atoms with Crippen molar-refractivity contribution >= 4 is 34.1 Å². The van der Waals surface area contributed by atoms with Crippen molar-refractivity contribution in [2.75, 3.05) is 5.32 Å². The number of halogens is 1. The zero-order chi connectivity index (χ0) is 23.1. The van der Waals surface area contributed by atoms with Crippen molar-refractivity contribution in [3.05, 3.63) is 87.4 Å². The first-order chi connectivity index (χ1) is 15.9. The van der Waals surface area contributed by atoms with Gasteiger partial charge in [0, 0.05) is 46.2 Å². The van der Waals surface area contributed by atoms with E-state index in [1.165, 1.54) is 0 Å². The minimum Gasteiger partial charge on any atom is -0.332 e. The van der Waals surface area contributed by atoms with Gasteiger partial charge in [0.15, 0.2) is 0 Å². The van der Waals surface area contributed by atoms with Gasteiger partial charge >= 0.3 is 0 Å². The highest BCUT2D eigenvalue weighted by Gasteiger charge is 2.14. The van der Waals surface area contributed by atoms with Gasteiger partial charge in [0.1, 0.15) is 0 Å². The molecule has 3 heterocycles. The largest absolute Gasteiger partial charge is 0.332 e. The van der Waals surface area contributed by atoms with E-state index in [2.05, 4.69) is 20.4 Å². The highest BCUT2D eigenvalue weighted by molar-refractivity contribution is 6.30. The third kappa shape index (κ3) is 3.99. The monoisotopic (exact) mass is 457 g/mol. The summed E-state index contributed by atoms with van der Waals surface area (Å²) < 4.78 is 7.03. The van der Waals surface area contributed by atoms with E-state index in [-0.39, 0.29) is 5.56 Å². The molecule has 0 aliphatic carbocycles. The summed E-state index contributed by atoms with van der Waals surface area (Å²) in [7, 11) is 1.78. The van der Waals surface area contributed by atoms with E-state index < -0.39 is 0 Å². The Hall–Kier alpha value is -3.97. The van der Waals surface area contributed by atoms with E-state index in [0.717, 1.165) is 39.0 Å². The summed E-state index contributed by atoms with van der Waals surface area (Å²) >= 11 is 5.94. The maximum absolute atomic E-state index is 13.2. The van der Waals surface area contributed by atoms with Crippen LogP contribution in [0, 0.1) is 13.8 Å². The van der Waals surface area contributed by atoms with Crippen LogP contribution in [0.25, 0.3) is 33.5 Å². The molecule has 164 valence electrons. The van der Waals surface area contributed by atoms with Crippen molar-refractivity contribution in [2.24, 2.45) is 7.05 Å². The van der Waals surface area contributed by atoms with Gasteiger partial charge in [-0.1, -0.05) is 17.7 Å². The lowest BCUT2D eigenvalue weighted by Crippen LogP contribution is -2.19. The first-order valence-corrected chi connectivity index (χ1v) is 10.7. The zero-order valence-electron chi connectivity index (χ0n) is 18.3. The quantitative estimate of drug-likeness (QED) is 0.374. The summed E-state index contributed by atoms with van der Waals surface area (Å²) in [6, 6.07) is 16.7. The molecule has 0 bridgehead atoms. The minimum atomic E-state index is -0.0714. The molecule has 1 N–H and O–H groups in total. The van der Waals surface area contributed by atoms with Crippen LogP contribution in [0.4, 0.5) is 11.6 Å². The number of nitrogens with one attached hydrogen (secondary N) is 1. The Kier molecular flexibility index (Phi) is 5.18. The van der Waals surface area contributed by atoms with Gasteiger partial charge in [-0.3, -0.25) is 9.78 Å². The molecule has 0 saturated heterocycles. The van der Waals surface area contributed by atoms with E-state index in [1.54, 1.807) is 29.9 Å². The highest BCUT2D eigenvalue weighted by Crippen LogP contribution is 2.28. The first kappa shape index (κ1) is 20.9. The van der Waals surface area contributed by atoms with Gasteiger partial charge in [-0.05, 0) is 78.7 Å². The molecule has 7 nitrogen and oxygen atoms in total. The van der Waals surface area contributed by atoms with Crippen LogP contribution in [-0.2, 0) is 7.05 Å². The van der Waals surface area contributed by atoms with E-state index in [4.69, 9.17) is 16.1 Å². The molecule has 5 rings (SSSR count). The Labute approximate surface area is 194 Å². The molecule has 0 aliphatic rings. The Balaban J connectivity index is 1.51. The average Bonchev–Trinajstić information content (AvgIpc) is 3.27. The minimum absolute atomic E-state index is 0.0714. The molecule has 33 heavy (non-hydrogen) atoms.